The predicted molar refractivity (Wildman–Crippen MR) is 92.2 cm³/mol. The van der Waals surface area contributed by atoms with E-state index < -0.39 is 10.0 Å². The molecule has 0 aliphatic carbocycles. The molecule has 1 aliphatic heterocycles. The maximum absolute atomic E-state index is 12.2. The maximum atomic E-state index is 12.2. The summed E-state index contributed by atoms with van der Waals surface area (Å²) < 4.78 is 37.4. The standard InChI is InChI=1S/C17H18N2O5S/c1-12-4-2-3-5-16(12)25(21,22)18-9-8-17(20)19-13-6-7-14-15(10-13)24-11-23-14/h2-7,10,18H,8-9,11H2,1H3,(H,19,20). The van der Waals surface area contributed by atoms with E-state index in [2.05, 4.69) is 10.0 Å². The van der Waals surface area contributed by atoms with Crippen LogP contribution in [0.25, 0.3) is 0 Å². The van der Waals surface area contributed by atoms with E-state index in [1.807, 2.05) is 0 Å². The molecular weight excluding hydrogens is 344 g/mol. The fourth-order valence-electron chi connectivity index (χ4n) is 2.43. The van der Waals surface area contributed by atoms with Crippen LogP contribution in [-0.4, -0.2) is 27.7 Å². The van der Waals surface area contributed by atoms with Crippen LogP contribution in [0.5, 0.6) is 11.5 Å². The van der Waals surface area contributed by atoms with Crippen LogP contribution in [-0.2, 0) is 14.8 Å². The Morgan fingerprint density at radius 1 is 1.12 bits per heavy atom. The third-order valence-electron chi connectivity index (χ3n) is 3.68. The summed E-state index contributed by atoms with van der Waals surface area (Å²) in [5.41, 5.74) is 1.22. The number of nitrogens with one attached hydrogen (secondary N) is 2. The number of aryl methyl sites for hydroxylation is 1. The second kappa shape index (κ2) is 7.12. The van der Waals surface area contributed by atoms with Crippen molar-refractivity contribution in [1.29, 1.82) is 0 Å². The zero-order valence-corrected chi connectivity index (χ0v) is 14.4. The summed E-state index contributed by atoms with van der Waals surface area (Å²) in [5.74, 6) is 0.897. The minimum atomic E-state index is -3.63. The zero-order valence-electron chi connectivity index (χ0n) is 13.6. The van der Waals surface area contributed by atoms with Crippen LogP contribution in [0.15, 0.2) is 47.4 Å². The van der Waals surface area contributed by atoms with Crippen LogP contribution in [0.1, 0.15) is 12.0 Å². The topological polar surface area (TPSA) is 93.7 Å². The van der Waals surface area contributed by atoms with Gasteiger partial charge in [0.15, 0.2) is 11.5 Å². The lowest BCUT2D eigenvalue weighted by molar-refractivity contribution is -0.116. The third-order valence-corrected chi connectivity index (χ3v) is 5.30. The summed E-state index contributed by atoms with van der Waals surface area (Å²) in [6.07, 6.45) is 0.0134. The number of amides is 1. The SMILES string of the molecule is Cc1ccccc1S(=O)(=O)NCCC(=O)Nc1ccc2c(c1)OCO2. The van der Waals surface area contributed by atoms with Crippen molar-refractivity contribution in [2.24, 2.45) is 0 Å². The fraction of sp³-hybridized carbons (Fsp3) is 0.235. The van der Waals surface area contributed by atoms with Gasteiger partial charge in [-0.05, 0) is 30.7 Å². The number of carbonyl (C=O) groups excluding carboxylic acids is 1. The smallest absolute Gasteiger partial charge is 0.240 e. The minimum Gasteiger partial charge on any atom is -0.454 e. The van der Waals surface area contributed by atoms with Crippen LogP contribution < -0.4 is 19.5 Å². The van der Waals surface area contributed by atoms with Gasteiger partial charge in [-0.1, -0.05) is 18.2 Å². The van der Waals surface area contributed by atoms with Gasteiger partial charge in [0.25, 0.3) is 0 Å². The van der Waals surface area contributed by atoms with Crippen molar-refractivity contribution >= 4 is 21.6 Å². The highest BCUT2D eigenvalue weighted by molar-refractivity contribution is 7.89. The second-order valence-corrected chi connectivity index (χ2v) is 7.26. The molecule has 0 aromatic heterocycles. The average molecular weight is 362 g/mol. The van der Waals surface area contributed by atoms with Crippen LogP contribution in [0, 0.1) is 6.92 Å². The van der Waals surface area contributed by atoms with E-state index in [9.17, 15) is 13.2 Å². The number of fused-ring (bicyclic) bond motifs is 1. The van der Waals surface area contributed by atoms with Gasteiger partial charge in [-0.3, -0.25) is 4.79 Å². The Bertz CT molecular complexity index is 896. The molecule has 3 rings (SSSR count). The highest BCUT2D eigenvalue weighted by Gasteiger charge is 2.17. The summed E-state index contributed by atoms with van der Waals surface area (Å²) in [4.78, 5) is 12.2. The summed E-state index contributed by atoms with van der Waals surface area (Å²) in [6.45, 7) is 1.89. The molecule has 0 atom stereocenters. The molecule has 0 saturated carbocycles. The molecule has 0 spiro atoms. The van der Waals surface area contributed by atoms with Crippen molar-refractivity contribution in [2.45, 2.75) is 18.2 Å². The van der Waals surface area contributed by atoms with Crippen LogP contribution >= 0.6 is 0 Å². The summed E-state index contributed by atoms with van der Waals surface area (Å²) >= 11 is 0. The van der Waals surface area contributed by atoms with Gasteiger partial charge in [0.1, 0.15) is 0 Å². The molecule has 8 heteroatoms. The lowest BCUT2D eigenvalue weighted by atomic mass is 10.2. The maximum Gasteiger partial charge on any atom is 0.240 e. The number of benzene rings is 2. The summed E-state index contributed by atoms with van der Waals surface area (Å²) in [6, 6.07) is 11.8. The highest BCUT2D eigenvalue weighted by Crippen LogP contribution is 2.34. The molecule has 0 radical (unpaired) electrons. The highest BCUT2D eigenvalue weighted by atomic mass is 32.2. The fourth-order valence-corrected chi connectivity index (χ4v) is 3.71. The lowest BCUT2D eigenvalue weighted by Crippen LogP contribution is -2.28. The molecule has 1 heterocycles. The Kier molecular flexibility index (Phi) is 4.91. The molecule has 2 aromatic rings. The third kappa shape index (κ3) is 4.09. The van der Waals surface area contributed by atoms with Gasteiger partial charge < -0.3 is 14.8 Å². The molecule has 7 nitrogen and oxygen atoms in total. The molecule has 0 saturated heterocycles. The van der Waals surface area contributed by atoms with Gasteiger partial charge in [0.2, 0.25) is 22.7 Å². The zero-order chi connectivity index (χ0) is 17.9. The number of rotatable bonds is 6. The number of hydrogen-bond donors (Lipinski definition) is 2. The molecule has 2 N–H and O–H groups in total. The molecule has 1 aliphatic rings. The van der Waals surface area contributed by atoms with Gasteiger partial charge in [-0.15, -0.1) is 0 Å². The van der Waals surface area contributed by atoms with E-state index in [0.717, 1.165) is 0 Å². The van der Waals surface area contributed by atoms with Crippen LogP contribution in [0.2, 0.25) is 0 Å². The first kappa shape index (κ1) is 17.2. The van der Waals surface area contributed by atoms with Gasteiger partial charge in [-0.25, -0.2) is 13.1 Å². The molecule has 0 unspecified atom stereocenters. The molecule has 132 valence electrons. The Labute approximate surface area is 146 Å². The predicted octanol–water partition coefficient (Wildman–Crippen LogP) is 2.03. The van der Waals surface area contributed by atoms with E-state index in [0.29, 0.717) is 22.7 Å². The number of carbonyl (C=O) groups is 1. The Morgan fingerprint density at radius 3 is 2.68 bits per heavy atom. The first-order valence-electron chi connectivity index (χ1n) is 7.70. The van der Waals surface area contributed by atoms with E-state index >= 15 is 0 Å². The number of hydrogen-bond acceptors (Lipinski definition) is 5. The second-order valence-electron chi connectivity index (χ2n) is 5.53. The van der Waals surface area contributed by atoms with Crippen molar-refractivity contribution < 1.29 is 22.7 Å². The van der Waals surface area contributed by atoms with Gasteiger partial charge in [-0.2, -0.15) is 0 Å². The summed E-state index contributed by atoms with van der Waals surface area (Å²) in [7, 11) is -3.63. The lowest BCUT2D eigenvalue weighted by Gasteiger charge is -2.09. The Balaban J connectivity index is 1.53. The number of ether oxygens (including phenoxy) is 2. The quantitative estimate of drug-likeness (QED) is 0.820. The van der Waals surface area contributed by atoms with Crippen molar-refractivity contribution in [3.8, 4) is 11.5 Å². The van der Waals surface area contributed by atoms with Crippen molar-refractivity contribution in [1.82, 2.24) is 4.72 Å². The first-order chi connectivity index (χ1) is 12.0. The van der Waals surface area contributed by atoms with Crippen LogP contribution in [0.3, 0.4) is 0 Å². The normalized spacial score (nSPS) is 12.8. The van der Waals surface area contributed by atoms with Crippen molar-refractivity contribution in [2.75, 3.05) is 18.7 Å². The summed E-state index contributed by atoms with van der Waals surface area (Å²) in [5, 5.41) is 2.70. The van der Waals surface area contributed by atoms with E-state index in [1.54, 1.807) is 43.3 Å². The van der Waals surface area contributed by atoms with Gasteiger partial charge in [0.05, 0.1) is 4.90 Å². The largest absolute Gasteiger partial charge is 0.454 e. The van der Waals surface area contributed by atoms with E-state index in [1.165, 1.54) is 6.07 Å². The van der Waals surface area contributed by atoms with Crippen molar-refractivity contribution in [3.05, 3.63) is 48.0 Å². The number of sulfonamides is 1. The minimum absolute atomic E-state index is 0.00700. The average Bonchev–Trinajstić information content (AvgIpc) is 3.02. The molecule has 2 aromatic carbocycles. The van der Waals surface area contributed by atoms with Crippen molar-refractivity contribution in [3.63, 3.8) is 0 Å². The van der Waals surface area contributed by atoms with E-state index in [4.69, 9.17) is 9.47 Å². The van der Waals surface area contributed by atoms with Crippen LogP contribution in [0.4, 0.5) is 5.69 Å². The monoisotopic (exact) mass is 362 g/mol. The molecule has 0 fully saturated rings. The first-order valence-corrected chi connectivity index (χ1v) is 9.19. The van der Waals surface area contributed by atoms with Gasteiger partial charge >= 0.3 is 0 Å². The molecular formula is C17H18N2O5S. The van der Waals surface area contributed by atoms with Gasteiger partial charge in [0, 0.05) is 24.7 Å². The Morgan fingerprint density at radius 2 is 1.88 bits per heavy atom. The molecule has 0 bridgehead atoms. The molecule has 25 heavy (non-hydrogen) atoms. The number of anilines is 1. The Hall–Kier alpha value is -2.58. The van der Waals surface area contributed by atoms with E-state index in [-0.39, 0.29) is 30.6 Å². The molecule has 1 amide bonds.